The van der Waals surface area contributed by atoms with E-state index in [1.165, 1.54) is 31.2 Å². The molecule has 51 heavy (non-hydrogen) atoms. The number of amides is 2. The second-order valence-electron chi connectivity index (χ2n) is 14.5. The Labute approximate surface area is 302 Å². The van der Waals surface area contributed by atoms with Crippen LogP contribution in [0.5, 0.6) is 17.2 Å². The van der Waals surface area contributed by atoms with E-state index in [1.54, 1.807) is 6.07 Å². The zero-order valence-electron chi connectivity index (χ0n) is 30.0. The zero-order valence-corrected chi connectivity index (χ0v) is 30.0. The molecule has 10 nitrogen and oxygen atoms in total. The maximum Gasteiger partial charge on any atom is 0.262 e. The normalized spacial score (nSPS) is 17.5. The molecule has 274 valence electrons. The first kappa shape index (κ1) is 36.7. The van der Waals surface area contributed by atoms with Crippen molar-refractivity contribution in [1.82, 2.24) is 15.1 Å². The van der Waals surface area contributed by atoms with Crippen molar-refractivity contribution in [3.8, 4) is 17.2 Å². The topological polar surface area (TPSA) is 124 Å². The molecular weight excluding hydrogens is 644 g/mol. The van der Waals surface area contributed by atoms with Gasteiger partial charge in [0, 0.05) is 30.6 Å². The Bertz CT molecular complexity index is 1620. The summed E-state index contributed by atoms with van der Waals surface area (Å²) in [4.78, 5) is 29.5. The fourth-order valence-corrected chi connectivity index (χ4v) is 8.00. The van der Waals surface area contributed by atoms with E-state index >= 15 is 0 Å². The van der Waals surface area contributed by atoms with Gasteiger partial charge in [0.1, 0.15) is 17.2 Å². The van der Waals surface area contributed by atoms with Crippen molar-refractivity contribution in [2.75, 3.05) is 71.5 Å². The Morgan fingerprint density at radius 3 is 2.55 bits per heavy atom. The largest absolute Gasteiger partial charge is 0.508 e. The molecule has 1 saturated heterocycles. The van der Waals surface area contributed by atoms with Gasteiger partial charge in [-0.25, -0.2) is 0 Å². The molecular formula is C41H54N4O6. The van der Waals surface area contributed by atoms with Crippen LogP contribution < -0.4 is 15.4 Å². The maximum atomic E-state index is 13.4. The molecule has 0 radical (unpaired) electrons. The summed E-state index contributed by atoms with van der Waals surface area (Å²) in [7, 11) is 2.16. The van der Waals surface area contributed by atoms with Gasteiger partial charge in [0.25, 0.3) is 5.91 Å². The number of piperidine rings is 1. The minimum absolute atomic E-state index is 0.00550. The summed E-state index contributed by atoms with van der Waals surface area (Å²) >= 11 is 0. The number of phenols is 2. The number of carbonyl (C=O) groups is 2. The molecule has 2 amide bonds. The van der Waals surface area contributed by atoms with Gasteiger partial charge < -0.3 is 40.1 Å². The van der Waals surface area contributed by atoms with Crippen LogP contribution >= 0.6 is 0 Å². The third kappa shape index (κ3) is 9.22. The molecule has 0 unspecified atom stereocenters. The van der Waals surface area contributed by atoms with Gasteiger partial charge in [-0.2, -0.15) is 0 Å². The van der Waals surface area contributed by atoms with Gasteiger partial charge in [0.15, 0.2) is 12.4 Å². The number of ether oxygens (including phenoxy) is 2. The molecule has 4 N–H and O–H groups in total. The fraction of sp³-hybridized carbons (Fsp3) is 0.512. The third-order valence-corrected chi connectivity index (χ3v) is 11.0. The number of nitrogens with zero attached hydrogens (tertiary/aromatic N) is 2. The molecule has 6 rings (SSSR count). The van der Waals surface area contributed by atoms with E-state index in [4.69, 9.17) is 9.47 Å². The smallest absolute Gasteiger partial charge is 0.262 e. The number of hydrogen-bond acceptors (Lipinski definition) is 8. The van der Waals surface area contributed by atoms with E-state index in [9.17, 15) is 19.8 Å². The van der Waals surface area contributed by atoms with Crippen LogP contribution in [0.4, 0.5) is 5.69 Å². The van der Waals surface area contributed by atoms with Gasteiger partial charge >= 0.3 is 0 Å². The second-order valence-corrected chi connectivity index (χ2v) is 14.5. The van der Waals surface area contributed by atoms with E-state index < -0.39 is 0 Å². The lowest BCUT2D eigenvalue weighted by atomic mass is 9.67. The number of rotatable bonds is 16. The van der Waals surface area contributed by atoms with Crippen molar-refractivity contribution in [3.05, 3.63) is 82.9 Å². The predicted molar refractivity (Wildman–Crippen MR) is 199 cm³/mol. The quantitative estimate of drug-likeness (QED) is 0.118. The monoisotopic (exact) mass is 698 g/mol. The van der Waals surface area contributed by atoms with Gasteiger partial charge in [-0.15, -0.1) is 0 Å². The van der Waals surface area contributed by atoms with Crippen molar-refractivity contribution < 1.29 is 29.3 Å². The fourth-order valence-electron chi connectivity index (χ4n) is 8.00. The average Bonchev–Trinajstić information content (AvgIpc) is 3.66. The van der Waals surface area contributed by atoms with E-state index in [-0.39, 0.29) is 29.6 Å². The molecule has 3 aliphatic rings. The molecule has 3 aromatic carbocycles. The molecule has 2 aliphatic heterocycles. The van der Waals surface area contributed by atoms with Crippen LogP contribution in [-0.2, 0) is 32.6 Å². The first-order valence-corrected chi connectivity index (χ1v) is 18.7. The van der Waals surface area contributed by atoms with Gasteiger partial charge in [-0.05, 0) is 99.9 Å². The van der Waals surface area contributed by atoms with Gasteiger partial charge in [-0.1, -0.05) is 61.4 Å². The SMILES string of the molecule is CN1CCC(c2ccccc2)(c2cc(CCOCCC(=O)N(CCNCCc3ccc(O)c4c3OCC(=O)N4)CC3CCCC3)ccc2O)CC1. The number of anilines is 1. The van der Waals surface area contributed by atoms with Crippen LogP contribution in [0.25, 0.3) is 0 Å². The first-order chi connectivity index (χ1) is 24.8. The van der Waals surface area contributed by atoms with Crippen molar-refractivity contribution in [1.29, 1.82) is 0 Å². The summed E-state index contributed by atoms with van der Waals surface area (Å²) in [5.74, 6) is 1.26. The zero-order chi connectivity index (χ0) is 35.6. The molecule has 2 fully saturated rings. The van der Waals surface area contributed by atoms with Crippen LogP contribution in [-0.4, -0.2) is 98.0 Å². The lowest BCUT2D eigenvalue weighted by molar-refractivity contribution is -0.133. The van der Waals surface area contributed by atoms with Crippen LogP contribution in [0.3, 0.4) is 0 Å². The average molecular weight is 699 g/mol. The molecule has 10 heteroatoms. The Morgan fingerprint density at radius 2 is 1.76 bits per heavy atom. The summed E-state index contributed by atoms with van der Waals surface area (Å²) in [6.07, 6.45) is 8.44. The Kier molecular flexibility index (Phi) is 12.5. The Balaban J connectivity index is 0.979. The van der Waals surface area contributed by atoms with Gasteiger partial charge in [-0.3, -0.25) is 9.59 Å². The number of benzene rings is 3. The highest BCUT2D eigenvalue weighted by atomic mass is 16.5. The number of phenolic OH excluding ortho intramolecular Hbond substituents is 2. The number of aromatic hydroxyl groups is 2. The standard InChI is InChI=1S/C41H54N4O6/c1-44-22-18-41(19-23-44,33-9-3-2-4-10-33)34-27-30(11-13-35(34)46)16-25-50-26-17-38(49)45(28-31-7-5-6-8-31)24-21-42-20-15-32-12-14-36(47)39-40(32)51-29-37(48)43-39/h2-4,9-14,27,31,42,46-47H,5-8,15-26,28-29H2,1H3,(H,43,48). The second kappa shape index (κ2) is 17.4. The lowest BCUT2D eigenvalue weighted by Gasteiger charge is -2.42. The van der Waals surface area contributed by atoms with Gasteiger partial charge in [0.05, 0.1) is 19.6 Å². The number of hydrogen-bond donors (Lipinski definition) is 4. The molecule has 0 spiro atoms. The van der Waals surface area contributed by atoms with Crippen LogP contribution in [0.15, 0.2) is 60.7 Å². The van der Waals surface area contributed by atoms with Crippen molar-refractivity contribution >= 4 is 17.5 Å². The molecule has 1 saturated carbocycles. The summed E-state index contributed by atoms with van der Waals surface area (Å²) in [5, 5.41) is 27.4. The Hall–Kier alpha value is -4.12. The Morgan fingerprint density at radius 1 is 1.00 bits per heavy atom. The van der Waals surface area contributed by atoms with Crippen LogP contribution in [0.2, 0.25) is 0 Å². The predicted octanol–water partition coefficient (Wildman–Crippen LogP) is 5.24. The summed E-state index contributed by atoms with van der Waals surface area (Å²) in [5.41, 5.74) is 4.39. The summed E-state index contributed by atoms with van der Waals surface area (Å²) < 4.78 is 11.6. The highest BCUT2D eigenvalue weighted by Gasteiger charge is 2.39. The molecule has 1 aliphatic carbocycles. The molecule has 0 aromatic heterocycles. The van der Waals surface area contributed by atoms with E-state index in [1.807, 2.05) is 29.2 Å². The number of fused-ring (bicyclic) bond motifs is 1. The molecule has 3 aromatic rings. The van der Waals surface area contributed by atoms with E-state index in [0.717, 1.165) is 49.2 Å². The van der Waals surface area contributed by atoms with Crippen molar-refractivity contribution in [2.45, 2.75) is 63.2 Å². The lowest BCUT2D eigenvalue weighted by Crippen LogP contribution is -2.41. The third-order valence-electron chi connectivity index (χ3n) is 11.0. The molecule has 2 heterocycles. The number of nitrogens with one attached hydrogen (secondary N) is 2. The molecule has 0 atom stereocenters. The maximum absolute atomic E-state index is 13.4. The summed E-state index contributed by atoms with van der Waals surface area (Å²) in [6.45, 7) is 5.53. The number of carbonyl (C=O) groups excluding carboxylic acids is 2. The van der Waals surface area contributed by atoms with E-state index in [2.05, 4.69) is 52.9 Å². The van der Waals surface area contributed by atoms with Crippen LogP contribution in [0, 0.1) is 5.92 Å². The minimum atomic E-state index is -0.281. The van der Waals surface area contributed by atoms with Crippen molar-refractivity contribution in [2.24, 2.45) is 5.92 Å². The van der Waals surface area contributed by atoms with E-state index in [0.29, 0.717) is 75.2 Å². The number of likely N-dealkylation sites (tertiary alicyclic amines) is 1. The van der Waals surface area contributed by atoms with Crippen molar-refractivity contribution in [3.63, 3.8) is 0 Å². The highest BCUT2D eigenvalue weighted by molar-refractivity contribution is 5.97. The minimum Gasteiger partial charge on any atom is -0.508 e. The van der Waals surface area contributed by atoms with Gasteiger partial charge in [0.2, 0.25) is 5.91 Å². The molecule has 0 bridgehead atoms. The summed E-state index contributed by atoms with van der Waals surface area (Å²) in [6, 6.07) is 20.0. The van der Waals surface area contributed by atoms with Crippen LogP contribution in [0.1, 0.15) is 67.2 Å². The first-order valence-electron chi connectivity index (χ1n) is 18.7. The highest BCUT2D eigenvalue weighted by Crippen LogP contribution is 2.45.